The van der Waals surface area contributed by atoms with Crippen molar-refractivity contribution in [1.29, 1.82) is 0 Å². The van der Waals surface area contributed by atoms with Crippen molar-refractivity contribution < 1.29 is 24.6 Å². The highest BCUT2D eigenvalue weighted by atomic mass is 16.4. The monoisotopic (exact) mass is 359 g/mol. The van der Waals surface area contributed by atoms with Gasteiger partial charge in [0.25, 0.3) is 5.91 Å². The third-order valence-corrected chi connectivity index (χ3v) is 4.42. The number of nitrogens with one attached hydrogen (secondary N) is 1. The lowest BCUT2D eigenvalue weighted by Gasteiger charge is -2.10. The lowest BCUT2D eigenvalue weighted by molar-refractivity contribution is 0.0696. The van der Waals surface area contributed by atoms with E-state index in [1.54, 1.807) is 30.3 Å². The number of carbonyl (C=O) groups excluding carboxylic acids is 2. The van der Waals surface area contributed by atoms with E-state index in [4.69, 9.17) is 5.11 Å². The van der Waals surface area contributed by atoms with Gasteiger partial charge in [-0.3, -0.25) is 9.59 Å². The Labute approximate surface area is 153 Å². The van der Waals surface area contributed by atoms with Gasteiger partial charge in [0.05, 0.1) is 11.1 Å². The number of hydrogen-bond donors (Lipinski definition) is 3. The second-order valence-corrected chi connectivity index (χ2v) is 6.13. The molecule has 6 nitrogen and oxygen atoms in total. The lowest BCUT2D eigenvalue weighted by atomic mass is 10.00. The van der Waals surface area contributed by atoms with Crippen molar-refractivity contribution in [2.75, 3.05) is 5.32 Å². The summed E-state index contributed by atoms with van der Waals surface area (Å²) in [5, 5.41) is 21.3. The highest BCUT2D eigenvalue weighted by Crippen LogP contribution is 2.38. The van der Waals surface area contributed by atoms with Crippen LogP contribution in [0.25, 0.3) is 11.1 Å². The standard InChI is InChI=1S/C21H13NO5/c23-13-9-11(21(26)27)8-12(10-13)22-20(25)17-7-3-6-15-14-4-1-2-5-16(14)19(24)18(15)17/h1-10,23H,(H,22,25)(H,26,27). The van der Waals surface area contributed by atoms with E-state index in [2.05, 4.69) is 5.32 Å². The summed E-state index contributed by atoms with van der Waals surface area (Å²) in [5.74, 6) is -2.30. The predicted octanol–water partition coefficient (Wildman–Crippen LogP) is 3.55. The Morgan fingerprint density at radius 3 is 2.30 bits per heavy atom. The number of carbonyl (C=O) groups is 3. The smallest absolute Gasteiger partial charge is 0.335 e. The van der Waals surface area contributed by atoms with Crippen LogP contribution in [0.4, 0.5) is 5.69 Å². The number of aromatic hydroxyl groups is 1. The van der Waals surface area contributed by atoms with Crippen molar-refractivity contribution in [3.05, 3.63) is 82.9 Å². The Morgan fingerprint density at radius 2 is 1.56 bits per heavy atom. The number of phenolic OH excluding ortho intramolecular Hbond substituents is 1. The van der Waals surface area contributed by atoms with Gasteiger partial charge in [-0.15, -0.1) is 0 Å². The molecule has 27 heavy (non-hydrogen) atoms. The van der Waals surface area contributed by atoms with E-state index in [0.717, 1.165) is 11.6 Å². The number of phenols is 1. The highest BCUT2D eigenvalue weighted by Gasteiger charge is 2.30. The Bertz CT molecular complexity index is 1130. The summed E-state index contributed by atoms with van der Waals surface area (Å²) in [5.41, 5.74) is 2.47. The van der Waals surface area contributed by atoms with Gasteiger partial charge in [-0.05, 0) is 29.3 Å². The fourth-order valence-corrected chi connectivity index (χ4v) is 3.27. The molecule has 6 heteroatoms. The molecule has 0 radical (unpaired) electrons. The summed E-state index contributed by atoms with van der Waals surface area (Å²) >= 11 is 0. The van der Waals surface area contributed by atoms with Gasteiger partial charge in [0.1, 0.15) is 5.75 Å². The summed E-state index contributed by atoms with van der Waals surface area (Å²) in [6.45, 7) is 0. The Balaban J connectivity index is 1.74. The third-order valence-electron chi connectivity index (χ3n) is 4.42. The molecule has 0 saturated carbocycles. The van der Waals surface area contributed by atoms with Crippen molar-refractivity contribution in [2.45, 2.75) is 0 Å². The van der Waals surface area contributed by atoms with Gasteiger partial charge in [0, 0.05) is 22.9 Å². The molecule has 0 aliphatic heterocycles. The molecule has 1 aliphatic rings. The third kappa shape index (κ3) is 2.73. The van der Waals surface area contributed by atoms with E-state index in [9.17, 15) is 19.5 Å². The van der Waals surface area contributed by atoms with Crippen LogP contribution in [0.3, 0.4) is 0 Å². The fourth-order valence-electron chi connectivity index (χ4n) is 3.27. The second-order valence-electron chi connectivity index (χ2n) is 6.13. The number of anilines is 1. The molecule has 0 spiro atoms. The maximum atomic E-state index is 12.8. The molecular weight excluding hydrogens is 346 g/mol. The summed E-state index contributed by atoms with van der Waals surface area (Å²) in [7, 11) is 0. The van der Waals surface area contributed by atoms with Gasteiger partial charge in [-0.25, -0.2) is 4.79 Å². The quantitative estimate of drug-likeness (QED) is 0.519. The number of ketones is 1. The fraction of sp³-hybridized carbons (Fsp3) is 0. The van der Waals surface area contributed by atoms with Crippen LogP contribution in [0.2, 0.25) is 0 Å². The molecule has 3 aromatic carbocycles. The van der Waals surface area contributed by atoms with Gasteiger partial charge in [0.15, 0.2) is 5.78 Å². The van der Waals surface area contributed by atoms with E-state index < -0.39 is 11.9 Å². The molecule has 0 atom stereocenters. The molecule has 4 rings (SSSR count). The van der Waals surface area contributed by atoms with Crippen molar-refractivity contribution in [2.24, 2.45) is 0 Å². The molecule has 0 saturated heterocycles. The second kappa shape index (κ2) is 6.10. The van der Waals surface area contributed by atoms with E-state index in [1.807, 2.05) is 12.1 Å². The molecular formula is C21H13NO5. The molecule has 0 heterocycles. The average molecular weight is 359 g/mol. The predicted molar refractivity (Wildman–Crippen MR) is 98.3 cm³/mol. The topological polar surface area (TPSA) is 104 Å². The summed E-state index contributed by atoms with van der Waals surface area (Å²) < 4.78 is 0. The zero-order chi connectivity index (χ0) is 19.1. The molecule has 1 aliphatic carbocycles. The molecule has 0 aromatic heterocycles. The highest BCUT2D eigenvalue weighted by molar-refractivity contribution is 6.26. The number of hydrogen-bond acceptors (Lipinski definition) is 4. The van der Waals surface area contributed by atoms with E-state index >= 15 is 0 Å². The maximum absolute atomic E-state index is 12.8. The number of fused-ring (bicyclic) bond motifs is 3. The molecule has 0 fully saturated rings. The zero-order valence-electron chi connectivity index (χ0n) is 13.9. The Hall–Kier alpha value is -3.93. The Kier molecular flexibility index (Phi) is 3.74. The first kappa shape index (κ1) is 16.5. The van der Waals surface area contributed by atoms with Crippen LogP contribution in [0.5, 0.6) is 5.75 Å². The SMILES string of the molecule is O=C(O)c1cc(O)cc(NC(=O)c2cccc3c2C(=O)c2ccccc2-3)c1. The van der Waals surface area contributed by atoms with Crippen molar-refractivity contribution in [1.82, 2.24) is 0 Å². The van der Waals surface area contributed by atoms with Crippen LogP contribution >= 0.6 is 0 Å². The van der Waals surface area contributed by atoms with Crippen LogP contribution in [-0.2, 0) is 0 Å². The van der Waals surface area contributed by atoms with Crippen molar-refractivity contribution in [3.63, 3.8) is 0 Å². The molecule has 0 bridgehead atoms. The first-order chi connectivity index (χ1) is 13.0. The molecule has 3 aromatic rings. The summed E-state index contributed by atoms with van der Waals surface area (Å²) in [4.78, 5) is 36.7. The summed E-state index contributed by atoms with van der Waals surface area (Å²) in [6, 6.07) is 15.7. The van der Waals surface area contributed by atoms with Gasteiger partial charge in [-0.1, -0.05) is 36.4 Å². The number of aromatic carboxylic acids is 1. The minimum Gasteiger partial charge on any atom is -0.508 e. The average Bonchev–Trinajstić information content (AvgIpc) is 2.94. The number of rotatable bonds is 3. The van der Waals surface area contributed by atoms with Crippen LogP contribution in [0.15, 0.2) is 60.7 Å². The van der Waals surface area contributed by atoms with Gasteiger partial charge >= 0.3 is 5.97 Å². The molecule has 132 valence electrons. The number of amides is 1. The summed E-state index contributed by atoms with van der Waals surface area (Å²) in [6.07, 6.45) is 0. The van der Waals surface area contributed by atoms with Gasteiger partial charge in [-0.2, -0.15) is 0 Å². The van der Waals surface area contributed by atoms with Gasteiger partial charge < -0.3 is 15.5 Å². The van der Waals surface area contributed by atoms with Crippen LogP contribution in [0.1, 0.15) is 36.6 Å². The largest absolute Gasteiger partial charge is 0.508 e. The first-order valence-corrected chi connectivity index (χ1v) is 8.11. The normalized spacial score (nSPS) is 11.6. The lowest BCUT2D eigenvalue weighted by Crippen LogP contribution is -2.16. The molecule has 3 N–H and O–H groups in total. The van der Waals surface area contributed by atoms with Crippen LogP contribution in [-0.4, -0.2) is 27.9 Å². The van der Waals surface area contributed by atoms with E-state index in [0.29, 0.717) is 16.7 Å². The van der Waals surface area contributed by atoms with E-state index in [1.165, 1.54) is 12.1 Å². The zero-order valence-corrected chi connectivity index (χ0v) is 13.9. The maximum Gasteiger partial charge on any atom is 0.335 e. The number of benzene rings is 3. The van der Waals surface area contributed by atoms with Crippen molar-refractivity contribution >= 4 is 23.3 Å². The Morgan fingerprint density at radius 1 is 0.852 bits per heavy atom. The van der Waals surface area contributed by atoms with Crippen LogP contribution in [0, 0.1) is 0 Å². The van der Waals surface area contributed by atoms with Gasteiger partial charge in [0.2, 0.25) is 0 Å². The van der Waals surface area contributed by atoms with Crippen molar-refractivity contribution in [3.8, 4) is 16.9 Å². The minimum absolute atomic E-state index is 0.123. The number of carboxylic acids is 1. The number of carboxylic acid groups (broad SMARTS) is 1. The van der Waals surface area contributed by atoms with Crippen LogP contribution < -0.4 is 5.32 Å². The minimum atomic E-state index is -1.23. The molecule has 1 amide bonds. The first-order valence-electron chi connectivity index (χ1n) is 8.11. The van der Waals surface area contributed by atoms with E-state index in [-0.39, 0.29) is 28.3 Å². The molecule has 0 unspecified atom stereocenters.